The molecular weight excluding hydrogens is 208 g/mol. The van der Waals surface area contributed by atoms with E-state index in [0.717, 1.165) is 19.3 Å². The number of hydrogen-bond donors (Lipinski definition) is 3. The predicted octanol–water partition coefficient (Wildman–Crippen LogP) is -0.0509. The van der Waals surface area contributed by atoms with Gasteiger partial charge in [0.15, 0.2) is 0 Å². The second-order valence-electron chi connectivity index (χ2n) is 5.00. The van der Waals surface area contributed by atoms with Gasteiger partial charge in [0.2, 0.25) is 5.91 Å². The van der Waals surface area contributed by atoms with Gasteiger partial charge in [0.05, 0.1) is 5.92 Å². The summed E-state index contributed by atoms with van der Waals surface area (Å²) in [6.45, 7) is 1.47. The quantitative estimate of drug-likeness (QED) is 0.629. The van der Waals surface area contributed by atoms with Crippen molar-refractivity contribution in [3.8, 4) is 0 Å². The van der Waals surface area contributed by atoms with Crippen molar-refractivity contribution >= 4 is 11.9 Å². The molecule has 5 heteroatoms. The van der Waals surface area contributed by atoms with Gasteiger partial charge in [-0.2, -0.15) is 0 Å². The average Bonchev–Trinajstić information content (AvgIpc) is 2.77. The number of rotatable bonds is 3. The van der Waals surface area contributed by atoms with Crippen molar-refractivity contribution < 1.29 is 14.7 Å². The molecule has 2 saturated carbocycles. The number of fused-ring (bicyclic) bond motifs is 2. The first-order valence-corrected chi connectivity index (χ1v) is 5.79. The molecule has 4 unspecified atom stereocenters. The zero-order chi connectivity index (χ0) is 11.9. The normalized spacial score (nSPS) is 38.4. The second-order valence-corrected chi connectivity index (χ2v) is 5.00. The van der Waals surface area contributed by atoms with E-state index < -0.39 is 12.0 Å². The summed E-state index contributed by atoms with van der Waals surface area (Å²) in [5.74, 6) is -0.554. The Morgan fingerprint density at radius 2 is 2.00 bits per heavy atom. The summed E-state index contributed by atoms with van der Waals surface area (Å²) in [5, 5.41) is 11.2. The maximum atomic E-state index is 11.9. The standard InChI is InChI=1S/C11H18N2O3/c1-5(11(15)16)13-10(14)8-6-2-3-7(4-6)9(8)12/h5-9H,2-4,12H2,1H3,(H,13,14)(H,15,16)/t5-,6?,7?,8?,9?/m0/s1. The number of nitrogens with two attached hydrogens (primary N) is 1. The van der Waals surface area contributed by atoms with Gasteiger partial charge in [-0.15, -0.1) is 0 Å². The molecule has 1 amide bonds. The minimum atomic E-state index is -1.01. The maximum Gasteiger partial charge on any atom is 0.325 e. The Hall–Kier alpha value is -1.10. The average molecular weight is 226 g/mol. The van der Waals surface area contributed by atoms with Crippen molar-refractivity contribution in [2.45, 2.75) is 38.3 Å². The lowest BCUT2D eigenvalue weighted by molar-refractivity contribution is -0.142. The van der Waals surface area contributed by atoms with Crippen LogP contribution in [0.15, 0.2) is 0 Å². The molecular formula is C11H18N2O3. The van der Waals surface area contributed by atoms with Crippen LogP contribution in [-0.2, 0) is 9.59 Å². The largest absolute Gasteiger partial charge is 0.480 e. The molecule has 16 heavy (non-hydrogen) atoms. The molecule has 0 heterocycles. The molecule has 2 aliphatic rings. The molecule has 5 nitrogen and oxygen atoms in total. The van der Waals surface area contributed by atoms with Crippen LogP contribution in [-0.4, -0.2) is 29.1 Å². The van der Waals surface area contributed by atoms with Crippen LogP contribution < -0.4 is 11.1 Å². The van der Waals surface area contributed by atoms with E-state index in [9.17, 15) is 9.59 Å². The first kappa shape index (κ1) is 11.4. The van der Waals surface area contributed by atoms with Gasteiger partial charge in [-0.05, 0) is 38.0 Å². The fourth-order valence-corrected chi connectivity index (χ4v) is 3.10. The molecule has 2 bridgehead atoms. The maximum absolute atomic E-state index is 11.9. The van der Waals surface area contributed by atoms with E-state index in [1.54, 1.807) is 0 Å². The van der Waals surface area contributed by atoms with Crippen LogP contribution in [0, 0.1) is 17.8 Å². The Morgan fingerprint density at radius 3 is 2.50 bits per heavy atom. The Morgan fingerprint density at radius 1 is 1.38 bits per heavy atom. The number of carbonyl (C=O) groups excluding carboxylic acids is 1. The van der Waals surface area contributed by atoms with Crippen molar-refractivity contribution in [3.63, 3.8) is 0 Å². The fraction of sp³-hybridized carbons (Fsp3) is 0.818. The van der Waals surface area contributed by atoms with E-state index in [4.69, 9.17) is 10.8 Å². The van der Waals surface area contributed by atoms with Gasteiger partial charge >= 0.3 is 5.97 Å². The first-order valence-electron chi connectivity index (χ1n) is 5.79. The van der Waals surface area contributed by atoms with E-state index in [2.05, 4.69) is 5.32 Å². The molecule has 0 aliphatic heterocycles. The second kappa shape index (κ2) is 4.05. The van der Waals surface area contributed by atoms with Gasteiger partial charge in [0.25, 0.3) is 0 Å². The van der Waals surface area contributed by atoms with Gasteiger partial charge in [-0.1, -0.05) is 0 Å². The molecule has 2 rings (SSSR count). The summed E-state index contributed by atoms with van der Waals surface area (Å²) >= 11 is 0. The van der Waals surface area contributed by atoms with Gasteiger partial charge in [-0.3, -0.25) is 9.59 Å². The lowest BCUT2D eigenvalue weighted by Gasteiger charge is -2.27. The zero-order valence-electron chi connectivity index (χ0n) is 9.35. The molecule has 0 saturated heterocycles. The molecule has 0 radical (unpaired) electrons. The van der Waals surface area contributed by atoms with E-state index in [0.29, 0.717) is 11.8 Å². The Balaban J connectivity index is 1.98. The highest BCUT2D eigenvalue weighted by atomic mass is 16.4. The van der Waals surface area contributed by atoms with E-state index in [1.165, 1.54) is 6.92 Å². The number of aliphatic carboxylic acids is 1. The molecule has 0 spiro atoms. The van der Waals surface area contributed by atoms with Gasteiger partial charge in [-0.25, -0.2) is 0 Å². The summed E-state index contributed by atoms with van der Waals surface area (Å²) in [6, 6.07) is -0.918. The Kier molecular flexibility index (Phi) is 2.88. The lowest BCUT2D eigenvalue weighted by atomic mass is 9.84. The number of hydrogen-bond acceptors (Lipinski definition) is 3. The topological polar surface area (TPSA) is 92.4 Å². The molecule has 2 aliphatic carbocycles. The highest BCUT2D eigenvalue weighted by molar-refractivity contribution is 5.85. The summed E-state index contributed by atoms with van der Waals surface area (Å²) in [5.41, 5.74) is 6.01. The third-order valence-corrected chi connectivity index (χ3v) is 4.01. The molecule has 90 valence electrons. The summed E-state index contributed by atoms with van der Waals surface area (Å²) in [6.07, 6.45) is 3.20. The van der Waals surface area contributed by atoms with Crippen molar-refractivity contribution in [1.82, 2.24) is 5.32 Å². The summed E-state index contributed by atoms with van der Waals surface area (Å²) < 4.78 is 0. The first-order chi connectivity index (χ1) is 7.50. The van der Waals surface area contributed by atoms with Crippen LogP contribution in [0.25, 0.3) is 0 Å². The van der Waals surface area contributed by atoms with Crippen molar-refractivity contribution in [2.75, 3.05) is 0 Å². The fourth-order valence-electron chi connectivity index (χ4n) is 3.10. The highest BCUT2D eigenvalue weighted by Gasteiger charge is 2.49. The Labute approximate surface area is 94.4 Å². The predicted molar refractivity (Wildman–Crippen MR) is 57.5 cm³/mol. The smallest absolute Gasteiger partial charge is 0.325 e. The molecule has 0 aromatic heterocycles. The SMILES string of the molecule is C[C@H](NC(=O)C1C2CCC(C2)C1N)C(=O)O. The van der Waals surface area contributed by atoms with Crippen LogP contribution in [0.3, 0.4) is 0 Å². The van der Waals surface area contributed by atoms with Crippen LogP contribution >= 0.6 is 0 Å². The van der Waals surface area contributed by atoms with Crippen molar-refractivity contribution in [1.29, 1.82) is 0 Å². The van der Waals surface area contributed by atoms with E-state index >= 15 is 0 Å². The molecule has 0 aromatic carbocycles. The molecule has 5 atom stereocenters. The van der Waals surface area contributed by atoms with Gasteiger partial charge < -0.3 is 16.2 Å². The monoisotopic (exact) mass is 226 g/mol. The van der Waals surface area contributed by atoms with Crippen molar-refractivity contribution in [3.05, 3.63) is 0 Å². The summed E-state index contributed by atoms with van der Waals surface area (Å²) in [4.78, 5) is 22.6. The molecule has 0 aromatic rings. The van der Waals surface area contributed by atoms with E-state index in [-0.39, 0.29) is 17.9 Å². The number of nitrogens with one attached hydrogen (secondary N) is 1. The third kappa shape index (κ3) is 1.80. The van der Waals surface area contributed by atoms with Crippen molar-refractivity contribution in [2.24, 2.45) is 23.5 Å². The number of carboxylic acids is 1. The van der Waals surface area contributed by atoms with Gasteiger partial charge in [0.1, 0.15) is 6.04 Å². The number of carboxylic acid groups (broad SMARTS) is 1. The van der Waals surface area contributed by atoms with Crippen LogP contribution in [0.4, 0.5) is 0 Å². The van der Waals surface area contributed by atoms with Gasteiger partial charge in [0, 0.05) is 6.04 Å². The minimum Gasteiger partial charge on any atom is -0.480 e. The number of carbonyl (C=O) groups is 2. The van der Waals surface area contributed by atoms with Crippen LogP contribution in [0.2, 0.25) is 0 Å². The van der Waals surface area contributed by atoms with Crippen LogP contribution in [0.1, 0.15) is 26.2 Å². The zero-order valence-corrected chi connectivity index (χ0v) is 9.35. The molecule has 4 N–H and O–H groups in total. The third-order valence-electron chi connectivity index (χ3n) is 4.01. The molecule has 2 fully saturated rings. The lowest BCUT2D eigenvalue weighted by Crippen LogP contribution is -2.49. The Bertz CT molecular complexity index is 316. The minimum absolute atomic E-state index is 0.0836. The van der Waals surface area contributed by atoms with E-state index in [1.807, 2.05) is 0 Å². The van der Waals surface area contributed by atoms with Crippen LogP contribution in [0.5, 0.6) is 0 Å². The highest BCUT2D eigenvalue weighted by Crippen LogP contribution is 2.47. The number of amides is 1. The summed E-state index contributed by atoms with van der Waals surface area (Å²) in [7, 11) is 0.